The number of hydrogen-bond donors (Lipinski definition) is 3. The minimum Gasteiger partial charge on any atom is -0.468 e. The Bertz CT molecular complexity index is 458. The highest BCUT2D eigenvalue weighted by atomic mass is 16.3. The zero-order valence-corrected chi connectivity index (χ0v) is 14.1. The Morgan fingerprint density at radius 2 is 2.09 bits per heavy atom. The van der Waals surface area contributed by atoms with Crippen LogP contribution >= 0.6 is 0 Å². The van der Waals surface area contributed by atoms with Gasteiger partial charge in [-0.15, -0.1) is 0 Å². The highest BCUT2D eigenvalue weighted by Crippen LogP contribution is 2.24. The monoisotopic (exact) mass is 323 g/mol. The first kappa shape index (κ1) is 17.8. The summed E-state index contributed by atoms with van der Waals surface area (Å²) in [6.45, 7) is 6.45. The lowest BCUT2D eigenvalue weighted by atomic mass is 10.1. The second-order valence-corrected chi connectivity index (χ2v) is 6.43. The van der Waals surface area contributed by atoms with Gasteiger partial charge in [-0.3, -0.25) is 4.90 Å². The Morgan fingerprint density at radius 1 is 1.35 bits per heavy atom. The summed E-state index contributed by atoms with van der Waals surface area (Å²) in [7, 11) is 0. The SMILES string of the molecule is CC(CO)C(C)NC(=O)NCC(c1ccco1)N1CCCCC1. The van der Waals surface area contributed by atoms with Crippen molar-refractivity contribution in [2.24, 2.45) is 5.92 Å². The number of amides is 2. The summed E-state index contributed by atoms with van der Waals surface area (Å²) < 4.78 is 5.57. The van der Waals surface area contributed by atoms with Crippen LogP contribution in [0.15, 0.2) is 22.8 Å². The largest absolute Gasteiger partial charge is 0.468 e. The summed E-state index contributed by atoms with van der Waals surface area (Å²) in [5, 5.41) is 15.0. The van der Waals surface area contributed by atoms with Crippen LogP contribution < -0.4 is 10.6 Å². The van der Waals surface area contributed by atoms with Crippen LogP contribution in [0.3, 0.4) is 0 Å². The number of aliphatic hydroxyl groups is 1. The number of carbonyl (C=O) groups is 1. The molecule has 0 spiro atoms. The van der Waals surface area contributed by atoms with Gasteiger partial charge in [0.2, 0.25) is 0 Å². The summed E-state index contributed by atoms with van der Waals surface area (Å²) in [5.74, 6) is 0.924. The Labute approximate surface area is 138 Å². The number of nitrogens with one attached hydrogen (secondary N) is 2. The van der Waals surface area contributed by atoms with Gasteiger partial charge < -0.3 is 20.2 Å². The number of nitrogens with zero attached hydrogens (tertiary/aromatic N) is 1. The normalized spacial score (nSPS) is 19.8. The molecule has 3 N–H and O–H groups in total. The lowest BCUT2D eigenvalue weighted by Gasteiger charge is -2.33. The van der Waals surface area contributed by atoms with Gasteiger partial charge in [-0.25, -0.2) is 4.79 Å². The Hall–Kier alpha value is -1.53. The molecule has 3 atom stereocenters. The maximum atomic E-state index is 12.1. The molecule has 6 heteroatoms. The van der Waals surface area contributed by atoms with Crippen LogP contribution in [0.1, 0.15) is 44.9 Å². The first-order valence-corrected chi connectivity index (χ1v) is 8.54. The number of likely N-dealkylation sites (tertiary alicyclic amines) is 1. The molecular weight excluding hydrogens is 294 g/mol. The minimum absolute atomic E-state index is 0.0312. The van der Waals surface area contributed by atoms with Crippen LogP contribution in [0.25, 0.3) is 0 Å². The highest BCUT2D eigenvalue weighted by molar-refractivity contribution is 5.74. The van der Waals surface area contributed by atoms with Crippen LogP contribution in [0.5, 0.6) is 0 Å². The molecule has 1 aromatic heterocycles. The van der Waals surface area contributed by atoms with Gasteiger partial charge in [0.25, 0.3) is 0 Å². The molecule has 0 aromatic carbocycles. The molecule has 0 saturated carbocycles. The van der Waals surface area contributed by atoms with Crippen molar-refractivity contribution in [3.05, 3.63) is 24.2 Å². The van der Waals surface area contributed by atoms with E-state index in [1.165, 1.54) is 19.3 Å². The van der Waals surface area contributed by atoms with Crippen molar-refractivity contribution in [2.45, 2.75) is 45.2 Å². The Balaban J connectivity index is 1.89. The topological polar surface area (TPSA) is 77.7 Å². The third-order valence-corrected chi connectivity index (χ3v) is 4.66. The van der Waals surface area contributed by atoms with E-state index in [0.29, 0.717) is 6.54 Å². The predicted octanol–water partition coefficient (Wildman–Crippen LogP) is 2.12. The smallest absolute Gasteiger partial charge is 0.315 e. The Kier molecular flexibility index (Phi) is 6.92. The van der Waals surface area contributed by atoms with Gasteiger partial charge >= 0.3 is 6.03 Å². The van der Waals surface area contributed by atoms with Gasteiger partial charge in [0.15, 0.2) is 0 Å². The van der Waals surface area contributed by atoms with Gasteiger partial charge in [-0.1, -0.05) is 13.3 Å². The number of carbonyl (C=O) groups excluding carboxylic acids is 1. The van der Waals surface area contributed by atoms with E-state index in [2.05, 4.69) is 15.5 Å². The van der Waals surface area contributed by atoms with Crippen molar-refractivity contribution in [1.29, 1.82) is 0 Å². The number of rotatable bonds is 7. The quantitative estimate of drug-likeness (QED) is 0.718. The number of piperidine rings is 1. The summed E-state index contributed by atoms with van der Waals surface area (Å²) in [5.41, 5.74) is 0. The molecule has 2 rings (SSSR count). The second kappa shape index (κ2) is 8.93. The van der Waals surface area contributed by atoms with Crippen LogP contribution in [0.2, 0.25) is 0 Å². The van der Waals surface area contributed by atoms with Crippen LogP contribution in [-0.4, -0.2) is 48.3 Å². The molecule has 0 aliphatic carbocycles. The fourth-order valence-corrected chi connectivity index (χ4v) is 2.87. The second-order valence-electron chi connectivity index (χ2n) is 6.43. The summed E-state index contributed by atoms with van der Waals surface area (Å²) in [6, 6.07) is 3.65. The van der Waals surface area contributed by atoms with Gasteiger partial charge in [0.05, 0.1) is 12.3 Å². The molecule has 1 aliphatic heterocycles. The van der Waals surface area contributed by atoms with E-state index in [4.69, 9.17) is 9.52 Å². The van der Waals surface area contributed by atoms with Crippen molar-refractivity contribution in [2.75, 3.05) is 26.2 Å². The number of hydrogen-bond acceptors (Lipinski definition) is 4. The fraction of sp³-hybridized carbons (Fsp3) is 0.706. The molecular formula is C17H29N3O3. The average molecular weight is 323 g/mol. The molecule has 6 nitrogen and oxygen atoms in total. The van der Waals surface area contributed by atoms with Crippen LogP contribution in [-0.2, 0) is 0 Å². The molecule has 0 radical (unpaired) electrons. The van der Waals surface area contributed by atoms with Crippen molar-refractivity contribution in [3.63, 3.8) is 0 Å². The van der Waals surface area contributed by atoms with Crippen molar-refractivity contribution in [1.82, 2.24) is 15.5 Å². The first-order chi connectivity index (χ1) is 11.1. The molecule has 130 valence electrons. The van der Waals surface area contributed by atoms with Crippen molar-refractivity contribution >= 4 is 6.03 Å². The van der Waals surface area contributed by atoms with E-state index in [1.54, 1.807) is 6.26 Å². The first-order valence-electron chi connectivity index (χ1n) is 8.54. The van der Waals surface area contributed by atoms with E-state index >= 15 is 0 Å². The van der Waals surface area contributed by atoms with E-state index in [9.17, 15) is 4.79 Å². The number of urea groups is 1. The zero-order chi connectivity index (χ0) is 16.7. The van der Waals surface area contributed by atoms with E-state index in [0.717, 1.165) is 18.8 Å². The van der Waals surface area contributed by atoms with Gasteiger partial charge in [-0.05, 0) is 50.9 Å². The third kappa shape index (κ3) is 5.25. The molecule has 1 aromatic rings. The van der Waals surface area contributed by atoms with Crippen LogP contribution in [0, 0.1) is 5.92 Å². The molecule has 1 aliphatic rings. The lowest BCUT2D eigenvalue weighted by molar-refractivity contribution is 0.142. The Morgan fingerprint density at radius 3 is 2.70 bits per heavy atom. The molecule has 0 bridgehead atoms. The highest BCUT2D eigenvalue weighted by Gasteiger charge is 2.25. The number of furan rings is 1. The molecule has 1 fully saturated rings. The third-order valence-electron chi connectivity index (χ3n) is 4.66. The minimum atomic E-state index is -0.202. The predicted molar refractivity (Wildman–Crippen MR) is 89.1 cm³/mol. The molecule has 2 heterocycles. The standard InChI is InChI=1S/C17H29N3O3/c1-13(12-21)14(2)19-17(22)18-11-15(16-7-6-10-23-16)20-8-4-3-5-9-20/h6-7,10,13-15,21H,3-5,8-9,11-12H2,1-2H3,(H2,18,19,22). The van der Waals surface area contributed by atoms with E-state index < -0.39 is 0 Å². The molecule has 1 saturated heterocycles. The zero-order valence-electron chi connectivity index (χ0n) is 14.1. The summed E-state index contributed by atoms with van der Waals surface area (Å²) in [4.78, 5) is 14.5. The van der Waals surface area contributed by atoms with Crippen LogP contribution in [0.4, 0.5) is 4.79 Å². The maximum absolute atomic E-state index is 12.1. The van der Waals surface area contributed by atoms with Gasteiger partial charge in [0.1, 0.15) is 5.76 Å². The molecule has 3 unspecified atom stereocenters. The average Bonchev–Trinajstić information content (AvgIpc) is 3.09. The maximum Gasteiger partial charge on any atom is 0.315 e. The van der Waals surface area contributed by atoms with Gasteiger partial charge in [-0.2, -0.15) is 0 Å². The molecule has 2 amide bonds. The fourth-order valence-electron chi connectivity index (χ4n) is 2.87. The van der Waals surface area contributed by atoms with E-state index in [1.807, 2.05) is 26.0 Å². The summed E-state index contributed by atoms with van der Waals surface area (Å²) in [6.07, 6.45) is 5.33. The summed E-state index contributed by atoms with van der Waals surface area (Å²) >= 11 is 0. The molecule has 23 heavy (non-hydrogen) atoms. The van der Waals surface area contributed by atoms with Gasteiger partial charge in [0, 0.05) is 19.2 Å². The van der Waals surface area contributed by atoms with E-state index in [-0.39, 0.29) is 30.6 Å². The van der Waals surface area contributed by atoms with Crippen molar-refractivity contribution < 1.29 is 14.3 Å². The number of aliphatic hydroxyl groups excluding tert-OH is 1. The van der Waals surface area contributed by atoms with Crippen molar-refractivity contribution in [3.8, 4) is 0 Å². The lowest BCUT2D eigenvalue weighted by Crippen LogP contribution is -2.47.